The summed E-state index contributed by atoms with van der Waals surface area (Å²) in [5, 5.41) is 9.63. The second kappa shape index (κ2) is 30.0. The zero-order chi connectivity index (χ0) is 67.6. The number of alkyl halides is 7. The number of carbonyl (C=O) groups is 6. The molecule has 2 aliphatic carbocycles. The molecular weight excluding hydrogens is 1210 g/mol. The van der Waals surface area contributed by atoms with Crippen molar-refractivity contribution in [3.05, 3.63) is 117 Å². The van der Waals surface area contributed by atoms with Gasteiger partial charge in [-0.15, -0.1) is 11.6 Å². The lowest BCUT2D eigenvalue weighted by Gasteiger charge is -2.29. The van der Waals surface area contributed by atoms with Gasteiger partial charge in [0.15, 0.2) is 0 Å². The highest BCUT2D eigenvalue weighted by molar-refractivity contribution is 6.17. The lowest BCUT2D eigenvalue weighted by Crippen LogP contribution is -2.45. The molecule has 8 rings (SSSR count). The number of anilines is 2. The topological polar surface area (TPSA) is 182 Å². The van der Waals surface area contributed by atoms with Crippen LogP contribution in [0.1, 0.15) is 191 Å². The number of hydrogen-bond donors (Lipinski definition) is 1. The van der Waals surface area contributed by atoms with E-state index in [9.17, 15) is 60.2 Å². The smallest absolute Gasteiger partial charge is 0.416 e. The highest BCUT2D eigenvalue weighted by atomic mass is 35.5. The van der Waals surface area contributed by atoms with Gasteiger partial charge in [-0.2, -0.15) is 26.3 Å². The van der Waals surface area contributed by atoms with Crippen molar-refractivity contribution in [2.24, 2.45) is 0 Å². The largest absolute Gasteiger partial charge is 0.508 e. The Balaban J connectivity index is 0.000000244. The van der Waals surface area contributed by atoms with Crippen LogP contribution in [0.5, 0.6) is 11.5 Å². The van der Waals surface area contributed by atoms with Crippen LogP contribution in [0, 0.1) is 0 Å². The second-order valence-electron chi connectivity index (χ2n) is 27.2. The van der Waals surface area contributed by atoms with Gasteiger partial charge in [-0.25, -0.2) is 9.59 Å². The Bertz CT molecular complexity index is 3230. The average molecular weight is 1300 g/mol. The normalized spacial score (nSPS) is 15.1. The Hall–Kier alpha value is -7.23. The fourth-order valence-corrected chi connectivity index (χ4v) is 10.6. The van der Waals surface area contributed by atoms with Crippen LogP contribution in [0.2, 0.25) is 0 Å². The first-order chi connectivity index (χ1) is 42.2. The number of benzene rings is 4. The number of halogens is 7. The molecule has 500 valence electrons. The predicted octanol–water partition coefficient (Wildman–Crippen LogP) is 15.4. The van der Waals surface area contributed by atoms with Gasteiger partial charge < -0.3 is 38.6 Å². The molecule has 0 aromatic heterocycles. The van der Waals surface area contributed by atoms with Crippen molar-refractivity contribution in [2.45, 2.75) is 206 Å². The molecule has 0 bridgehead atoms. The van der Waals surface area contributed by atoms with Crippen LogP contribution in [0.15, 0.2) is 72.8 Å². The maximum absolute atomic E-state index is 13.8. The number of amides is 4. The van der Waals surface area contributed by atoms with Crippen LogP contribution in [0.4, 0.5) is 47.3 Å². The van der Waals surface area contributed by atoms with E-state index in [-0.39, 0.29) is 80.9 Å². The Kier molecular flexibility index (Phi) is 24.0. The number of ether oxygens (including phenoxy) is 5. The highest BCUT2D eigenvalue weighted by Gasteiger charge is 2.39. The van der Waals surface area contributed by atoms with Gasteiger partial charge in [-0.3, -0.25) is 29.0 Å². The maximum atomic E-state index is 13.8. The summed E-state index contributed by atoms with van der Waals surface area (Å²) < 4.78 is 107. The second-order valence-corrected chi connectivity index (χ2v) is 27.5. The Labute approximate surface area is 534 Å². The van der Waals surface area contributed by atoms with Crippen molar-refractivity contribution in [1.82, 2.24) is 9.80 Å². The molecular formula is C68H87ClF6N4O12. The molecule has 4 aliphatic rings. The summed E-state index contributed by atoms with van der Waals surface area (Å²) in [6, 6.07) is 18.9. The number of nitrogens with zero attached hydrogens (tertiary/aromatic N) is 4. The third-order valence-corrected chi connectivity index (χ3v) is 15.3. The van der Waals surface area contributed by atoms with E-state index >= 15 is 0 Å². The van der Waals surface area contributed by atoms with Crippen LogP contribution >= 0.6 is 11.6 Å². The Morgan fingerprint density at radius 1 is 0.527 bits per heavy atom. The van der Waals surface area contributed by atoms with Crippen molar-refractivity contribution < 1.29 is 83.9 Å². The summed E-state index contributed by atoms with van der Waals surface area (Å²) >= 11 is 5.56. The zero-order valence-corrected chi connectivity index (χ0v) is 54.9. The van der Waals surface area contributed by atoms with Gasteiger partial charge >= 0.3 is 36.5 Å². The van der Waals surface area contributed by atoms with Gasteiger partial charge in [0.25, 0.3) is 0 Å². The number of esters is 2. The standard InChI is InChI=1S/C34H43F3N2O6.C22H32N2O6.C12H12ClF3/c1-32(2,3)44-30(41)15-16-38(31(42)45-33(4,5)6)20-29(40)39-17-14-24-19-25(11-13-28(24)39)43-21-22-10-12-26(23-8-7-9-23)27(18-22)34(35,36)37;1-21(2,3)29-19(27)10-11-23(20(28)30-22(4,5)6)14-18(26)24-12-9-15-13-16(25)7-8-17(15)24;13-7-8-4-5-10(9-2-1-3-9)11(6-8)12(14,15)16/h10-13,18-19,23H,7-9,14-17,20-21H2,1-6H3;7-8,13,25H,9-12,14H2,1-6H3;4-6,9H,1-3,7H2. The van der Waals surface area contributed by atoms with Gasteiger partial charge in [-0.1, -0.05) is 37.1 Å². The predicted molar refractivity (Wildman–Crippen MR) is 333 cm³/mol. The molecule has 2 fully saturated rings. The quantitative estimate of drug-likeness (QED) is 0.0486. The molecule has 0 radical (unpaired) electrons. The van der Waals surface area contributed by atoms with E-state index in [0.29, 0.717) is 65.3 Å². The monoisotopic (exact) mass is 1300 g/mol. The van der Waals surface area contributed by atoms with E-state index in [1.54, 1.807) is 147 Å². The molecule has 1 N–H and O–H groups in total. The van der Waals surface area contributed by atoms with E-state index in [1.807, 2.05) is 0 Å². The Morgan fingerprint density at radius 2 is 0.923 bits per heavy atom. The van der Waals surface area contributed by atoms with Crippen LogP contribution in [-0.4, -0.2) is 113 Å². The molecule has 0 atom stereocenters. The number of rotatable bonds is 16. The van der Waals surface area contributed by atoms with Gasteiger partial charge in [0.1, 0.15) is 53.6 Å². The molecule has 91 heavy (non-hydrogen) atoms. The number of aromatic hydroxyl groups is 1. The molecule has 4 aromatic rings. The Morgan fingerprint density at radius 3 is 1.31 bits per heavy atom. The molecule has 0 saturated heterocycles. The summed E-state index contributed by atoms with van der Waals surface area (Å²) in [6.45, 7) is 21.2. The van der Waals surface area contributed by atoms with Gasteiger partial charge in [0.2, 0.25) is 11.8 Å². The van der Waals surface area contributed by atoms with Crippen molar-refractivity contribution in [3.63, 3.8) is 0 Å². The van der Waals surface area contributed by atoms with Gasteiger partial charge in [-0.05, 0) is 215 Å². The maximum Gasteiger partial charge on any atom is 0.416 e. The van der Waals surface area contributed by atoms with Crippen molar-refractivity contribution in [3.8, 4) is 11.5 Å². The molecule has 2 saturated carbocycles. The van der Waals surface area contributed by atoms with Gasteiger partial charge in [0.05, 0.1) is 24.0 Å². The summed E-state index contributed by atoms with van der Waals surface area (Å²) in [5.74, 6) is -0.784. The average Bonchev–Trinajstić information content (AvgIpc) is 1.80. The third-order valence-electron chi connectivity index (χ3n) is 15.0. The summed E-state index contributed by atoms with van der Waals surface area (Å²) in [4.78, 5) is 81.9. The molecule has 2 heterocycles. The van der Waals surface area contributed by atoms with Crippen molar-refractivity contribution in [2.75, 3.05) is 49.1 Å². The zero-order valence-electron chi connectivity index (χ0n) is 54.2. The summed E-state index contributed by atoms with van der Waals surface area (Å²) in [7, 11) is 0. The number of fused-ring (bicyclic) bond motifs is 2. The summed E-state index contributed by atoms with van der Waals surface area (Å²) in [5.41, 5.74) is 0.897. The lowest BCUT2D eigenvalue weighted by atomic mass is 9.78. The fraction of sp³-hybridized carbons (Fsp3) is 0.559. The minimum absolute atomic E-state index is 0.00580. The molecule has 0 spiro atoms. The van der Waals surface area contributed by atoms with Crippen LogP contribution in [0.3, 0.4) is 0 Å². The van der Waals surface area contributed by atoms with Crippen LogP contribution in [-0.2, 0) is 75.8 Å². The lowest BCUT2D eigenvalue weighted by molar-refractivity contribution is -0.156. The van der Waals surface area contributed by atoms with Crippen LogP contribution < -0.4 is 14.5 Å². The van der Waals surface area contributed by atoms with Crippen LogP contribution in [0.25, 0.3) is 0 Å². The van der Waals surface area contributed by atoms with E-state index in [2.05, 4.69) is 0 Å². The molecule has 4 amide bonds. The highest BCUT2D eigenvalue weighted by Crippen LogP contribution is 2.45. The first kappa shape index (κ1) is 72.8. The molecule has 16 nitrogen and oxygen atoms in total. The minimum atomic E-state index is -4.43. The fourth-order valence-electron chi connectivity index (χ4n) is 10.4. The van der Waals surface area contributed by atoms with E-state index in [0.717, 1.165) is 49.7 Å². The minimum Gasteiger partial charge on any atom is -0.508 e. The molecule has 23 heteroatoms. The van der Waals surface area contributed by atoms with Crippen molar-refractivity contribution >= 4 is 58.9 Å². The SMILES string of the molecule is CC(C)(C)OC(=O)CCN(CC(=O)N1CCc2cc(O)ccc21)C(=O)OC(C)(C)C.CC(C)(C)OC(=O)CCN(CC(=O)N1CCc2cc(OCc3ccc(C4CCC4)c(C(F)(F)F)c3)ccc21)C(=O)OC(C)(C)C.FC(F)(F)c1cc(CCl)ccc1C1CCC1. The van der Waals surface area contributed by atoms with E-state index in [1.165, 1.54) is 28.0 Å². The summed E-state index contributed by atoms with van der Waals surface area (Å²) in [6.07, 6.45) is -3.80. The first-order valence-electron chi connectivity index (χ1n) is 30.7. The van der Waals surface area contributed by atoms with E-state index in [4.69, 9.17) is 35.3 Å². The van der Waals surface area contributed by atoms with Gasteiger partial charge in [0, 0.05) is 43.4 Å². The third kappa shape index (κ3) is 22.3. The van der Waals surface area contributed by atoms with E-state index < -0.39 is 70.0 Å². The number of phenolic OH excluding ortho intramolecular Hbond substituents is 1. The number of carbonyl (C=O) groups excluding carboxylic acids is 6. The molecule has 4 aromatic carbocycles. The molecule has 2 aliphatic heterocycles. The molecule has 0 unspecified atom stereocenters. The first-order valence-corrected chi connectivity index (χ1v) is 31.2. The number of phenols is 1. The van der Waals surface area contributed by atoms with Crippen molar-refractivity contribution in [1.29, 1.82) is 0 Å². The number of hydrogen-bond acceptors (Lipinski definition) is 12.